The fourth-order valence-corrected chi connectivity index (χ4v) is 9.71. The van der Waals surface area contributed by atoms with Crippen LogP contribution in [0.4, 0.5) is 0 Å². The van der Waals surface area contributed by atoms with Crippen molar-refractivity contribution in [3.8, 4) is 0 Å². The van der Waals surface area contributed by atoms with E-state index < -0.39 is 26.6 Å². The van der Waals surface area contributed by atoms with E-state index in [1.807, 2.05) is 33.3 Å². The molecule has 0 aliphatic heterocycles. The highest BCUT2D eigenvalue weighted by molar-refractivity contribution is 7.45. The topological polar surface area (TPSA) is 114 Å². The van der Waals surface area contributed by atoms with Gasteiger partial charge in [-0.3, -0.25) is 14.2 Å². The van der Waals surface area contributed by atoms with Crippen molar-refractivity contribution in [2.75, 3.05) is 40.9 Å². The van der Waals surface area contributed by atoms with Crippen LogP contribution in [0.5, 0.6) is 0 Å². The number of esters is 1. The van der Waals surface area contributed by atoms with Crippen LogP contribution in [0.25, 0.3) is 0 Å². The first-order chi connectivity index (χ1) is 38.4. The number of phosphoric acid groups is 1. The van der Waals surface area contributed by atoms with Gasteiger partial charge in [-0.2, -0.15) is 0 Å². The maximum Gasteiger partial charge on any atom is 0.306 e. The summed E-state index contributed by atoms with van der Waals surface area (Å²) >= 11 is 0. The minimum Gasteiger partial charge on any atom is -0.756 e. The Hall–Kier alpha value is -3.07. The molecule has 79 heavy (non-hydrogen) atoms. The van der Waals surface area contributed by atoms with Crippen LogP contribution in [0, 0.1) is 0 Å². The smallest absolute Gasteiger partial charge is 0.306 e. The molecule has 3 unspecified atom stereocenters. The summed E-state index contributed by atoms with van der Waals surface area (Å²) in [6, 6.07) is -0.902. The molecule has 0 bridgehead atoms. The fourth-order valence-electron chi connectivity index (χ4n) is 8.99. The van der Waals surface area contributed by atoms with Gasteiger partial charge in [0.2, 0.25) is 5.91 Å². The molecule has 0 saturated heterocycles. The Labute approximate surface area is 488 Å². The highest BCUT2D eigenvalue weighted by atomic mass is 31.2. The predicted molar refractivity (Wildman–Crippen MR) is 339 cm³/mol. The van der Waals surface area contributed by atoms with E-state index in [0.717, 1.165) is 128 Å². The van der Waals surface area contributed by atoms with Crippen LogP contribution in [0.15, 0.2) is 97.2 Å². The molecule has 0 aromatic rings. The van der Waals surface area contributed by atoms with E-state index in [1.165, 1.54) is 109 Å². The molecule has 0 aromatic carbocycles. The SMILES string of the molecule is CC/C=C\C/C=C\C/C=C\C/C=C\C/C=C\C/C=C\CCCCCCCCC(=O)OC(/C=C\CCCCCCCCCCCCC)C(COP(=O)([O-])OCC[N+](C)(C)C)NC(=O)CCCCCCCCC/C=C\CCCCCC. The van der Waals surface area contributed by atoms with Gasteiger partial charge in [0.05, 0.1) is 33.8 Å². The molecule has 0 radical (unpaired) electrons. The van der Waals surface area contributed by atoms with Crippen molar-refractivity contribution in [2.45, 2.75) is 290 Å². The number of unbranched alkanes of at least 4 members (excludes halogenated alkanes) is 28. The van der Waals surface area contributed by atoms with Gasteiger partial charge in [0.15, 0.2) is 0 Å². The van der Waals surface area contributed by atoms with Crippen molar-refractivity contribution in [3.63, 3.8) is 0 Å². The van der Waals surface area contributed by atoms with Gasteiger partial charge in [-0.25, -0.2) is 0 Å². The molecule has 10 heteroatoms. The van der Waals surface area contributed by atoms with Crippen molar-refractivity contribution in [1.29, 1.82) is 0 Å². The number of ether oxygens (including phenoxy) is 1. The largest absolute Gasteiger partial charge is 0.756 e. The number of carbonyl (C=O) groups excluding carboxylic acids is 2. The van der Waals surface area contributed by atoms with Crippen LogP contribution in [0.1, 0.15) is 278 Å². The Morgan fingerprint density at radius 1 is 0.456 bits per heavy atom. The molecule has 1 N–H and O–H groups in total. The van der Waals surface area contributed by atoms with E-state index in [2.05, 4.69) is 111 Å². The number of hydrogen-bond acceptors (Lipinski definition) is 7. The molecule has 0 aromatic heterocycles. The van der Waals surface area contributed by atoms with Crippen molar-refractivity contribution >= 4 is 19.7 Å². The van der Waals surface area contributed by atoms with Crippen LogP contribution in [0.2, 0.25) is 0 Å². The quantitative estimate of drug-likeness (QED) is 0.0212. The molecule has 0 saturated carbocycles. The number of hydrogen-bond donors (Lipinski definition) is 1. The second kappa shape index (κ2) is 58.1. The molecule has 1 amide bonds. The summed E-state index contributed by atoms with van der Waals surface area (Å²) in [5.74, 6) is -0.563. The lowest BCUT2D eigenvalue weighted by Gasteiger charge is -2.30. The van der Waals surface area contributed by atoms with Crippen molar-refractivity contribution < 1.29 is 37.3 Å². The number of likely N-dealkylation sites (N-methyl/N-ethyl adjacent to an activating group) is 1. The van der Waals surface area contributed by atoms with E-state index in [0.29, 0.717) is 23.9 Å². The third-order valence-corrected chi connectivity index (χ3v) is 15.0. The lowest BCUT2D eigenvalue weighted by molar-refractivity contribution is -0.870. The summed E-state index contributed by atoms with van der Waals surface area (Å²) in [5, 5.41) is 3.03. The Kier molecular flexibility index (Phi) is 55.9. The minimum atomic E-state index is -4.71. The molecule has 0 spiro atoms. The van der Waals surface area contributed by atoms with Gasteiger partial charge < -0.3 is 28.5 Å². The normalized spacial score (nSPS) is 14.3. The highest BCUT2D eigenvalue weighted by Crippen LogP contribution is 2.38. The van der Waals surface area contributed by atoms with Crippen molar-refractivity contribution in [1.82, 2.24) is 5.32 Å². The number of allylic oxidation sites excluding steroid dienone is 15. The van der Waals surface area contributed by atoms with Crippen molar-refractivity contribution in [3.05, 3.63) is 97.2 Å². The maximum absolute atomic E-state index is 13.5. The summed E-state index contributed by atoms with van der Waals surface area (Å²) in [4.78, 5) is 40.1. The summed E-state index contributed by atoms with van der Waals surface area (Å²) in [6.45, 7) is 6.71. The van der Waals surface area contributed by atoms with E-state index >= 15 is 0 Å². The zero-order valence-electron chi connectivity index (χ0n) is 52.1. The minimum absolute atomic E-state index is 0.0295. The Morgan fingerprint density at radius 3 is 1.24 bits per heavy atom. The molecule has 456 valence electrons. The van der Waals surface area contributed by atoms with Gasteiger partial charge in [-0.05, 0) is 109 Å². The van der Waals surface area contributed by atoms with Gasteiger partial charge in [0.25, 0.3) is 7.82 Å². The second-order valence-corrected chi connectivity index (χ2v) is 24.3. The highest BCUT2D eigenvalue weighted by Gasteiger charge is 2.27. The Balaban J connectivity index is 5.23. The number of amides is 1. The average molecular weight is 1120 g/mol. The lowest BCUT2D eigenvalue weighted by Crippen LogP contribution is -2.47. The van der Waals surface area contributed by atoms with Gasteiger partial charge in [-0.1, -0.05) is 253 Å². The van der Waals surface area contributed by atoms with Gasteiger partial charge in [-0.15, -0.1) is 0 Å². The third kappa shape index (κ3) is 59.4. The van der Waals surface area contributed by atoms with Crippen LogP contribution in [-0.2, 0) is 27.9 Å². The first-order valence-electron chi connectivity index (χ1n) is 32.5. The summed E-state index contributed by atoms with van der Waals surface area (Å²) in [6.07, 6.45) is 78.0. The molecule has 0 aliphatic carbocycles. The number of rotatable bonds is 58. The summed E-state index contributed by atoms with van der Waals surface area (Å²) in [7, 11) is 1.17. The zero-order valence-corrected chi connectivity index (χ0v) is 52.9. The Bertz CT molecular complexity index is 1670. The summed E-state index contributed by atoms with van der Waals surface area (Å²) < 4.78 is 30.3. The molecule has 9 nitrogen and oxygen atoms in total. The van der Waals surface area contributed by atoms with Crippen LogP contribution < -0.4 is 10.2 Å². The molecular formula is C69H123N2O7P. The lowest BCUT2D eigenvalue weighted by atomic mass is 10.0. The third-order valence-electron chi connectivity index (χ3n) is 14.0. The van der Waals surface area contributed by atoms with E-state index in [9.17, 15) is 19.0 Å². The van der Waals surface area contributed by atoms with E-state index in [-0.39, 0.29) is 24.9 Å². The number of quaternary nitrogens is 1. The van der Waals surface area contributed by atoms with Crippen LogP contribution in [0.3, 0.4) is 0 Å². The predicted octanol–water partition coefficient (Wildman–Crippen LogP) is 19.7. The number of nitrogens with zero attached hydrogens (tertiary/aromatic N) is 1. The Morgan fingerprint density at radius 2 is 0.810 bits per heavy atom. The van der Waals surface area contributed by atoms with Crippen molar-refractivity contribution in [2.24, 2.45) is 0 Å². The first kappa shape index (κ1) is 75.9. The van der Waals surface area contributed by atoms with E-state index in [1.54, 1.807) is 0 Å². The maximum atomic E-state index is 13.5. The molecule has 3 atom stereocenters. The standard InChI is InChI=1S/C69H123N2O7P/c1-7-10-13-16-19-22-25-28-30-31-32-33-34-35-36-37-38-39-41-44-47-50-53-56-59-62-69(73)78-67(60-57-54-51-48-45-42-27-24-21-18-15-12-9-3)66(65-77-79(74,75)76-64-63-71(4,5)6)70-68(72)61-58-55-52-49-46-43-40-29-26-23-20-17-14-11-8-2/h10,13,19,22-23,26,28,30,32-33,35-36,38-39,57,60,66-67H,7-9,11-12,14-18,20-21,24-25,27,29,31,34,37,40-56,58-59,61-65H2,1-6H3,(H-,70,72,74,75)/b13-10-,22-19-,26-23-,30-28-,33-32-,36-35-,39-38-,60-57-. The molecule has 0 heterocycles. The number of phosphoric ester groups is 1. The van der Waals surface area contributed by atoms with Gasteiger partial charge in [0, 0.05) is 12.8 Å². The second-order valence-electron chi connectivity index (χ2n) is 22.9. The number of nitrogens with one attached hydrogen (secondary N) is 1. The molecular weight excluding hydrogens is 1000 g/mol. The number of carbonyl (C=O) groups is 2. The van der Waals surface area contributed by atoms with E-state index in [4.69, 9.17) is 13.8 Å². The molecule has 0 fully saturated rings. The summed E-state index contributed by atoms with van der Waals surface area (Å²) in [5.41, 5.74) is 0. The molecule has 0 rings (SSSR count). The van der Waals surface area contributed by atoms with Gasteiger partial charge in [0.1, 0.15) is 19.3 Å². The van der Waals surface area contributed by atoms with Gasteiger partial charge >= 0.3 is 5.97 Å². The monoisotopic (exact) mass is 1120 g/mol. The molecule has 0 aliphatic rings. The average Bonchev–Trinajstić information content (AvgIpc) is 3.41. The van der Waals surface area contributed by atoms with Crippen LogP contribution in [-0.4, -0.2) is 69.4 Å². The fraction of sp³-hybridized carbons (Fsp3) is 0.739. The first-order valence-corrected chi connectivity index (χ1v) is 34.0. The zero-order chi connectivity index (χ0) is 57.9. The van der Waals surface area contributed by atoms with Crippen LogP contribution >= 0.6 is 7.82 Å².